The lowest BCUT2D eigenvalue weighted by Gasteiger charge is -2.48. The van der Waals surface area contributed by atoms with Gasteiger partial charge in [0.2, 0.25) is 0 Å². The third-order valence-electron chi connectivity index (χ3n) is 9.01. The van der Waals surface area contributed by atoms with E-state index in [4.69, 9.17) is 0 Å². The molecular formula is C28H41N5O2. The molecule has 3 heterocycles. The lowest BCUT2D eigenvalue weighted by atomic mass is 9.58. The molecule has 1 saturated heterocycles. The number of imidazole rings is 1. The Balaban J connectivity index is 1.25. The summed E-state index contributed by atoms with van der Waals surface area (Å²) in [7, 11) is 2.12. The first-order chi connectivity index (χ1) is 17.0. The summed E-state index contributed by atoms with van der Waals surface area (Å²) in [6.07, 6.45) is 14.2. The van der Waals surface area contributed by atoms with Gasteiger partial charge in [0, 0.05) is 25.3 Å². The number of fused-ring (bicyclic) bond motifs is 3. The van der Waals surface area contributed by atoms with Crippen LogP contribution in [0, 0.1) is 17.3 Å². The van der Waals surface area contributed by atoms with Crippen molar-refractivity contribution < 1.29 is 9.59 Å². The molecule has 5 rings (SSSR count). The molecule has 3 aliphatic rings. The van der Waals surface area contributed by atoms with Gasteiger partial charge in [0.25, 0.3) is 11.8 Å². The highest BCUT2D eigenvalue weighted by Crippen LogP contribution is 2.51. The van der Waals surface area contributed by atoms with Crippen LogP contribution in [-0.2, 0) is 0 Å². The zero-order valence-electron chi connectivity index (χ0n) is 21.4. The summed E-state index contributed by atoms with van der Waals surface area (Å²) in [6.45, 7) is 4.75. The van der Waals surface area contributed by atoms with E-state index in [0.717, 1.165) is 31.3 Å². The minimum Gasteiger partial charge on any atom is -0.350 e. The molecule has 0 radical (unpaired) electrons. The Kier molecular flexibility index (Phi) is 7.14. The Hall–Kier alpha value is -2.41. The summed E-state index contributed by atoms with van der Waals surface area (Å²) >= 11 is 0. The van der Waals surface area contributed by atoms with Crippen molar-refractivity contribution in [3.8, 4) is 0 Å². The Bertz CT molecular complexity index is 1060. The van der Waals surface area contributed by atoms with Crippen molar-refractivity contribution in [1.29, 1.82) is 0 Å². The summed E-state index contributed by atoms with van der Waals surface area (Å²) in [4.78, 5) is 33.0. The Labute approximate surface area is 209 Å². The van der Waals surface area contributed by atoms with E-state index >= 15 is 0 Å². The second-order valence-corrected chi connectivity index (χ2v) is 11.5. The van der Waals surface area contributed by atoms with Crippen LogP contribution in [0.1, 0.15) is 92.1 Å². The van der Waals surface area contributed by atoms with E-state index in [9.17, 15) is 9.59 Å². The maximum Gasteiger partial charge on any atom is 0.271 e. The smallest absolute Gasteiger partial charge is 0.271 e. The monoisotopic (exact) mass is 479 g/mol. The molecule has 2 saturated carbocycles. The highest BCUT2D eigenvalue weighted by atomic mass is 16.2. The lowest BCUT2D eigenvalue weighted by Crippen LogP contribution is -2.45. The van der Waals surface area contributed by atoms with Crippen LogP contribution in [0.5, 0.6) is 0 Å². The summed E-state index contributed by atoms with van der Waals surface area (Å²) < 4.78 is 1.76. The Morgan fingerprint density at radius 3 is 2.83 bits per heavy atom. The number of carbonyl (C=O) groups excluding carboxylic acids is 2. The summed E-state index contributed by atoms with van der Waals surface area (Å²) in [5.74, 6) is 1.35. The van der Waals surface area contributed by atoms with E-state index in [1.165, 1.54) is 57.8 Å². The minimum atomic E-state index is -0.181. The first kappa shape index (κ1) is 24.3. The molecule has 1 aliphatic heterocycles. The number of hydrogen-bond donors (Lipinski definition) is 2. The van der Waals surface area contributed by atoms with Crippen LogP contribution in [0.3, 0.4) is 0 Å². The van der Waals surface area contributed by atoms with Crippen molar-refractivity contribution in [2.75, 3.05) is 26.7 Å². The number of nitrogens with zero attached hydrogens (tertiary/aromatic N) is 3. The van der Waals surface area contributed by atoms with Gasteiger partial charge < -0.3 is 15.5 Å². The average Bonchev–Trinajstić information content (AvgIpc) is 3.31. The number of pyridine rings is 1. The predicted octanol–water partition coefficient (Wildman–Crippen LogP) is 4.27. The fourth-order valence-electron chi connectivity index (χ4n) is 7.05. The van der Waals surface area contributed by atoms with Gasteiger partial charge in [0.05, 0.1) is 0 Å². The molecule has 7 nitrogen and oxygen atoms in total. The van der Waals surface area contributed by atoms with Gasteiger partial charge >= 0.3 is 0 Å². The first-order valence-corrected chi connectivity index (χ1v) is 13.7. The quantitative estimate of drug-likeness (QED) is 0.622. The van der Waals surface area contributed by atoms with Crippen molar-refractivity contribution in [3.63, 3.8) is 0 Å². The van der Waals surface area contributed by atoms with Crippen LogP contribution in [0.2, 0.25) is 0 Å². The molecule has 2 bridgehead atoms. The van der Waals surface area contributed by atoms with Crippen LogP contribution in [0.4, 0.5) is 0 Å². The summed E-state index contributed by atoms with van der Waals surface area (Å²) in [5, 5.41) is 6.32. The average molecular weight is 480 g/mol. The zero-order valence-corrected chi connectivity index (χ0v) is 21.4. The predicted molar refractivity (Wildman–Crippen MR) is 138 cm³/mol. The number of likely N-dealkylation sites (tertiary alicyclic amines) is 1. The van der Waals surface area contributed by atoms with Gasteiger partial charge in [0.15, 0.2) is 0 Å². The maximum atomic E-state index is 13.3. The maximum absolute atomic E-state index is 13.3. The lowest BCUT2D eigenvalue weighted by molar-refractivity contribution is 0.0368. The molecule has 2 aliphatic carbocycles. The molecule has 2 N–H and O–H groups in total. The topological polar surface area (TPSA) is 78.7 Å². The van der Waals surface area contributed by atoms with Crippen LogP contribution in [-0.4, -0.2) is 58.8 Å². The van der Waals surface area contributed by atoms with E-state index < -0.39 is 0 Å². The molecule has 0 spiro atoms. The fraction of sp³-hybridized carbons (Fsp3) is 0.679. The van der Waals surface area contributed by atoms with E-state index in [1.807, 2.05) is 18.2 Å². The van der Waals surface area contributed by atoms with Gasteiger partial charge in [-0.1, -0.05) is 38.7 Å². The van der Waals surface area contributed by atoms with E-state index in [-0.39, 0.29) is 17.2 Å². The van der Waals surface area contributed by atoms with Crippen molar-refractivity contribution in [1.82, 2.24) is 24.9 Å². The van der Waals surface area contributed by atoms with Crippen molar-refractivity contribution in [3.05, 3.63) is 35.8 Å². The molecule has 0 aromatic carbocycles. The van der Waals surface area contributed by atoms with Gasteiger partial charge in [-0.25, -0.2) is 4.98 Å². The van der Waals surface area contributed by atoms with E-state index in [2.05, 4.69) is 34.5 Å². The van der Waals surface area contributed by atoms with Crippen LogP contribution in [0.15, 0.2) is 24.4 Å². The molecule has 2 aromatic heterocycles. The Morgan fingerprint density at radius 2 is 2.00 bits per heavy atom. The SMILES string of the molecule is CCC1CC2CCCC(CNC(=O)c3cccc4nc(C(=O)NCC5CCCCN5C)cn34)(C1)C2. The number of amides is 2. The third kappa shape index (κ3) is 5.25. The molecule has 2 amide bonds. The third-order valence-corrected chi connectivity index (χ3v) is 9.01. The van der Waals surface area contributed by atoms with Crippen molar-refractivity contribution in [2.45, 2.75) is 77.2 Å². The molecular weight excluding hydrogens is 438 g/mol. The number of likely N-dealkylation sites (N-methyl/N-ethyl adjacent to an activating group) is 1. The zero-order chi connectivity index (χ0) is 24.4. The normalized spacial score (nSPS) is 29.1. The minimum absolute atomic E-state index is 0.0843. The second-order valence-electron chi connectivity index (χ2n) is 11.5. The molecule has 3 fully saturated rings. The standard InChI is InChI=1S/C28H41N5O2/c1-3-20-14-21-8-7-12-28(15-20,16-21)19-30-27(35)24-10-6-11-25-31-23(18-33(24)25)26(34)29-17-22-9-4-5-13-32(22)2/h6,10-11,18,20-22H,3-5,7-9,12-17,19H2,1-2H3,(H,29,34)(H,30,35). The highest BCUT2D eigenvalue weighted by Gasteiger charge is 2.42. The molecule has 4 atom stereocenters. The largest absolute Gasteiger partial charge is 0.350 e. The van der Waals surface area contributed by atoms with Crippen LogP contribution >= 0.6 is 0 Å². The second kappa shape index (κ2) is 10.3. The Morgan fingerprint density at radius 1 is 1.11 bits per heavy atom. The number of piperidine rings is 1. The van der Waals surface area contributed by atoms with Crippen molar-refractivity contribution in [2.24, 2.45) is 17.3 Å². The van der Waals surface area contributed by atoms with Crippen molar-refractivity contribution >= 4 is 17.5 Å². The van der Waals surface area contributed by atoms with Gasteiger partial charge in [-0.05, 0) is 81.5 Å². The molecule has 35 heavy (non-hydrogen) atoms. The number of nitrogens with one attached hydrogen (secondary N) is 2. The van der Waals surface area contributed by atoms with E-state index in [1.54, 1.807) is 10.6 Å². The van der Waals surface area contributed by atoms with Gasteiger partial charge in [-0.3, -0.25) is 14.0 Å². The van der Waals surface area contributed by atoms with Crippen LogP contribution in [0.25, 0.3) is 5.65 Å². The van der Waals surface area contributed by atoms with Gasteiger partial charge in [0.1, 0.15) is 17.0 Å². The molecule has 7 heteroatoms. The number of hydrogen-bond acceptors (Lipinski definition) is 4. The number of aromatic nitrogens is 2. The number of carbonyl (C=O) groups is 2. The number of rotatable bonds is 7. The van der Waals surface area contributed by atoms with Gasteiger partial charge in [-0.15, -0.1) is 0 Å². The first-order valence-electron chi connectivity index (χ1n) is 13.7. The van der Waals surface area contributed by atoms with Gasteiger partial charge in [-0.2, -0.15) is 0 Å². The molecule has 4 unspecified atom stereocenters. The summed E-state index contributed by atoms with van der Waals surface area (Å²) in [5.41, 5.74) is 1.76. The molecule has 2 aromatic rings. The fourth-order valence-corrected chi connectivity index (χ4v) is 7.05. The van der Waals surface area contributed by atoms with E-state index in [0.29, 0.717) is 29.6 Å². The molecule has 190 valence electrons. The van der Waals surface area contributed by atoms with Crippen LogP contribution < -0.4 is 10.6 Å². The highest BCUT2D eigenvalue weighted by molar-refractivity contribution is 5.95. The summed E-state index contributed by atoms with van der Waals surface area (Å²) in [6, 6.07) is 5.88.